The third-order valence-corrected chi connectivity index (χ3v) is 3.65. The first-order valence-corrected chi connectivity index (χ1v) is 6.61. The van der Waals surface area contributed by atoms with E-state index in [0.717, 1.165) is 12.8 Å². The fourth-order valence-electron chi connectivity index (χ4n) is 2.14. The van der Waals surface area contributed by atoms with Gasteiger partial charge in [0.2, 0.25) is 0 Å². The summed E-state index contributed by atoms with van der Waals surface area (Å²) in [6, 6.07) is 0.702. The normalized spacial score (nSPS) is 19.2. The van der Waals surface area contributed by atoms with Crippen LogP contribution in [-0.2, 0) is 0 Å². The second-order valence-corrected chi connectivity index (χ2v) is 5.21. The zero-order valence-electron chi connectivity index (χ0n) is 12.8. The molecule has 1 saturated heterocycles. The van der Waals surface area contributed by atoms with Crippen LogP contribution in [0.15, 0.2) is 0 Å². The quantitative estimate of drug-likeness (QED) is 0.534. The van der Waals surface area contributed by atoms with E-state index in [1.807, 2.05) is 20.3 Å². The Kier molecular flexibility index (Phi) is 12.9. The molecule has 0 spiro atoms. The van der Waals surface area contributed by atoms with Gasteiger partial charge in [-0.1, -0.05) is 5.41 Å². The molecule has 0 amide bonds. The number of nitrogens with zero attached hydrogens (tertiary/aromatic N) is 1. The minimum atomic E-state index is 0. The fourth-order valence-corrected chi connectivity index (χ4v) is 2.14. The molecule has 1 fully saturated rings. The number of hydrogen-bond acceptors (Lipinski definition) is 1. The van der Waals surface area contributed by atoms with Crippen LogP contribution < -0.4 is 29.6 Å². The van der Waals surface area contributed by atoms with E-state index in [0.29, 0.717) is 11.5 Å². The standard InChI is InChI=1S/C12H23N.C3H7.Na/c1-5-12(6-2)7-9-13(10-8-12)11(3)4;1-3-2;/h11H,1-2,5-10H2,3-4H3;3H,1-2H3;/q-2;-1;+1. The van der Waals surface area contributed by atoms with Gasteiger partial charge in [0, 0.05) is 6.04 Å². The Morgan fingerprint density at radius 1 is 1.12 bits per heavy atom. The maximum Gasteiger partial charge on any atom is 1.00 e. The van der Waals surface area contributed by atoms with Crippen molar-refractivity contribution in [2.75, 3.05) is 13.1 Å². The number of piperidine rings is 1. The van der Waals surface area contributed by atoms with Crippen molar-refractivity contribution in [3.8, 4) is 0 Å². The molecule has 0 aromatic rings. The number of hydrogen-bond donors (Lipinski definition) is 0. The van der Waals surface area contributed by atoms with Crippen LogP contribution in [0.1, 0.15) is 53.4 Å². The SMILES string of the molecule is C[CH-]C.[CH2-]CC1(C[CH2-])CCN(C(C)C)CC1.[Na+]. The molecule has 0 N–H and O–H groups in total. The molecule has 0 bridgehead atoms. The molecule has 1 aliphatic heterocycles. The maximum absolute atomic E-state index is 4.06. The minimum Gasteiger partial charge on any atom is -0.343 e. The summed E-state index contributed by atoms with van der Waals surface area (Å²) >= 11 is 0. The van der Waals surface area contributed by atoms with E-state index >= 15 is 0 Å². The molecule has 1 heterocycles. The minimum absolute atomic E-state index is 0. The first-order valence-electron chi connectivity index (χ1n) is 6.61. The molecule has 0 saturated carbocycles. The summed E-state index contributed by atoms with van der Waals surface area (Å²) in [6.07, 6.45) is 6.70. The van der Waals surface area contributed by atoms with Crippen LogP contribution in [0.3, 0.4) is 0 Å². The molecule has 1 aliphatic rings. The van der Waals surface area contributed by atoms with Crippen LogP contribution >= 0.6 is 0 Å². The molecule has 0 atom stereocenters. The van der Waals surface area contributed by atoms with Crippen molar-refractivity contribution in [1.82, 2.24) is 4.90 Å². The topological polar surface area (TPSA) is 3.24 Å². The van der Waals surface area contributed by atoms with Crippen molar-refractivity contribution in [3.05, 3.63) is 20.3 Å². The van der Waals surface area contributed by atoms with E-state index in [-0.39, 0.29) is 29.6 Å². The average Bonchev–Trinajstić information content (AvgIpc) is 2.30. The molecule has 17 heavy (non-hydrogen) atoms. The van der Waals surface area contributed by atoms with Gasteiger partial charge in [0.05, 0.1) is 0 Å². The van der Waals surface area contributed by atoms with E-state index in [2.05, 4.69) is 32.6 Å². The van der Waals surface area contributed by atoms with Gasteiger partial charge in [-0.2, -0.15) is 26.7 Å². The Labute approximate surface area is 132 Å². The Morgan fingerprint density at radius 2 is 1.47 bits per heavy atom. The van der Waals surface area contributed by atoms with E-state index < -0.39 is 0 Å². The van der Waals surface area contributed by atoms with Gasteiger partial charge in [-0.25, -0.2) is 0 Å². The molecule has 0 aliphatic carbocycles. The van der Waals surface area contributed by atoms with Crippen molar-refractivity contribution >= 4 is 0 Å². The second-order valence-electron chi connectivity index (χ2n) is 5.21. The van der Waals surface area contributed by atoms with Crippen LogP contribution in [0.2, 0.25) is 0 Å². The monoisotopic (exact) mass is 247 g/mol. The summed E-state index contributed by atoms with van der Waals surface area (Å²) in [5, 5.41) is 0. The van der Waals surface area contributed by atoms with Crippen molar-refractivity contribution in [1.29, 1.82) is 0 Å². The maximum atomic E-state index is 4.06. The van der Waals surface area contributed by atoms with Crippen molar-refractivity contribution < 1.29 is 29.6 Å². The van der Waals surface area contributed by atoms with Gasteiger partial charge in [-0.05, 0) is 39.8 Å². The number of likely N-dealkylation sites (tertiary alicyclic amines) is 1. The van der Waals surface area contributed by atoms with Gasteiger partial charge in [0.1, 0.15) is 0 Å². The third kappa shape index (κ3) is 7.20. The van der Waals surface area contributed by atoms with Crippen LogP contribution in [-0.4, -0.2) is 24.0 Å². The smallest absolute Gasteiger partial charge is 0.343 e. The van der Waals surface area contributed by atoms with Gasteiger partial charge in [-0.15, -0.1) is 0 Å². The molecule has 0 unspecified atom stereocenters. The average molecular weight is 247 g/mol. The summed E-state index contributed by atoms with van der Waals surface area (Å²) in [4.78, 5) is 2.56. The molecule has 1 nitrogen and oxygen atoms in total. The van der Waals surface area contributed by atoms with Crippen LogP contribution in [0.25, 0.3) is 0 Å². The Balaban J connectivity index is 0. The first kappa shape index (κ1) is 20.3. The predicted molar refractivity (Wildman–Crippen MR) is 74.0 cm³/mol. The van der Waals surface area contributed by atoms with E-state index in [1.165, 1.54) is 25.9 Å². The van der Waals surface area contributed by atoms with E-state index in [9.17, 15) is 0 Å². The molecular formula is C15H30NNa-2. The summed E-state index contributed by atoms with van der Waals surface area (Å²) in [6.45, 7) is 19.2. The zero-order valence-corrected chi connectivity index (χ0v) is 14.8. The van der Waals surface area contributed by atoms with Gasteiger partial charge >= 0.3 is 29.6 Å². The molecule has 0 aromatic carbocycles. The van der Waals surface area contributed by atoms with E-state index in [4.69, 9.17) is 0 Å². The summed E-state index contributed by atoms with van der Waals surface area (Å²) in [5.41, 5.74) is 0.464. The summed E-state index contributed by atoms with van der Waals surface area (Å²) in [5.74, 6) is 0. The predicted octanol–water partition coefficient (Wildman–Crippen LogP) is 1.16. The number of rotatable bonds is 3. The summed E-state index contributed by atoms with van der Waals surface area (Å²) < 4.78 is 0. The molecule has 0 radical (unpaired) electrons. The molecule has 98 valence electrons. The third-order valence-electron chi connectivity index (χ3n) is 3.65. The van der Waals surface area contributed by atoms with Gasteiger partial charge in [0.25, 0.3) is 0 Å². The van der Waals surface area contributed by atoms with Crippen LogP contribution in [0, 0.1) is 25.7 Å². The fraction of sp³-hybridized carbons (Fsp3) is 0.800. The molecule has 0 aromatic heterocycles. The Bertz CT molecular complexity index is 154. The Hall–Kier alpha value is 0.960. The largest absolute Gasteiger partial charge is 1.00 e. The summed E-state index contributed by atoms with van der Waals surface area (Å²) in [7, 11) is 0. The molecule has 2 heteroatoms. The van der Waals surface area contributed by atoms with Crippen molar-refractivity contribution in [2.45, 2.75) is 59.4 Å². The van der Waals surface area contributed by atoms with Crippen LogP contribution in [0.5, 0.6) is 0 Å². The van der Waals surface area contributed by atoms with Gasteiger partial charge < -0.3 is 25.2 Å². The first-order chi connectivity index (χ1) is 7.55. The second kappa shape index (κ2) is 10.8. The van der Waals surface area contributed by atoms with Crippen molar-refractivity contribution in [2.24, 2.45) is 5.41 Å². The van der Waals surface area contributed by atoms with E-state index in [1.54, 1.807) is 0 Å². The molecular weight excluding hydrogens is 217 g/mol. The molecule has 1 rings (SSSR count). The van der Waals surface area contributed by atoms with Gasteiger partial charge in [0.15, 0.2) is 0 Å². The zero-order chi connectivity index (χ0) is 12.6. The van der Waals surface area contributed by atoms with Crippen LogP contribution in [0.4, 0.5) is 0 Å². The van der Waals surface area contributed by atoms with Gasteiger partial charge in [-0.3, -0.25) is 0 Å². The van der Waals surface area contributed by atoms with Crippen molar-refractivity contribution in [3.63, 3.8) is 0 Å². The Morgan fingerprint density at radius 3 is 1.71 bits per heavy atom.